The average Bonchev–Trinajstić information content (AvgIpc) is 2.46. The van der Waals surface area contributed by atoms with Crippen molar-refractivity contribution in [3.63, 3.8) is 0 Å². The lowest BCUT2D eigenvalue weighted by Gasteiger charge is -2.32. The smallest absolute Gasteiger partial charge is 0.398 e. The van der Waals surface area contributed by atoms with E-state index in [1.165, 1.54) is 0 Å². The molecule has 0 amide bonds. The fourth-order valence-corrected chi connectivity index (χ4v) is 2.62. The van der Waals surface area contributed by atoms with E-state index in [4.69, 9.17) is 14.4 Å². The van der Waals surface area contributed by atoms with Crippen LogP contribution in [0.3, 0.4) is 0 Å². The van der Waals surface area contributed by atoms with Crippen molar-refractivity contribution in [2.24, 2.45) is 5.14 Å². The Hall–Kier alpha value is -1.03. The molecule has 0 bridgehead atoms. The summed E-state index contributed by atoms with van der Waals surface area (Å²) in [6, 6.07) is 0.925. The maximum absolute atomic E-state index is 13.8. The summed E-state index contributed by atoms with van der Waals surface area (Å²) in [6.07, 6.45) is 1.14. The van der Waals surface area contributed by atoms with Crippen molar-refractivity contribution in [3.8, 4) is 0 Å². The molecule has 1 saturated heterocycles. The molecule has 0 saturated carbocycles. The van der Waals surface area contributed by atoms with E-state index in [9.17, 15) is 12.8 Å². The van der Waals surface area contributed by atoms with Gasteiger partial charge in [0.15, 0.2) is 0 Å². The molecule has 0 aliphatic carbocycles. The van der Waals surface area contributed by atoms with E-state index >= 15 is 0 Å². The Morgan fingerprint density at radius 1 is 1.25 bits per heavy atom. The minimum Gasteiger partial charge on any atom is -0.398 e. The molecule has 110 valence electrons. The van der Waals surface area contributed by atoms with Gasteiger partial charge in [0.05, 0.1) is 16.8 Å². The number of hydrogen-bond acceptors (Lipinski definition) is 5. The summed E-state index contributed by atoms with van der Waals surface area (Å²) in [5.74, 6) is -0.979. The number of primary sulfonamides is 1. The largest absolute Gasteiger partial charge is 0.516 e. The van der Waals surface area contributed by atoms with Crippen LogP contribution in [-0.4, -0.2) is 31.7 Å². The molecule has 1 aliphatic rings. The second-order valence-corrected chi connectivity index (χ2v) is 7.14. The number of nitrogens with two attached hydrogens (primary N) is 1. The SMILES string of the molecule is CC1(C)OB(c2nccc(F)c2S(N)(=O)=O)OC1(C)C. The molecular formula is C11H16BFN2O4S. The average molecular weight is 302 g/mol. The zero-order chi connectivity index (χ0) is 15.3. The normalized spacial score (nSPS) is 21.2. The van der Waals surface area contributed by atoms with Crippen LogP contribution in [0.25, 0.3) is 0 Å². The molecule has 20 heavy (non-hydrogen) atoms. The minimum atomic E-state index is -4.27. The van der Waals surface area contributed by atoms with Crippen LogP contribution in [0, 0.1) is 5.82 Å². The fraction of sp³-hybridized carbons (Fsp3) is 0.545. The molecule has 0 atom stereocenters. The van der Waals surface area contributed by atoms with Crippen LogP contribution in [0.2, 0.25) is 0 Å². The van der Waals surface area contributed by atoms with E-state index < -0.39 is 39.1 Å². The van der Waals surface area contributed by atoms with Gasteiger partial charge in [-0.1, -0.05) is 0 Å². The van der Waals surface area contributed by atoms with Gasteiger partial charge in [0.25, 0.3) is 0 Å². The Bertz CT molecular complexity index is 632. The van der Waals surface area contributed by atoms with Gasteiger partial charge < -0.3 is 9.31 Å². The highest BCUT2D eigenvalue weighted by atomic mass is 32.2. The Labute approximate surface area is 117 Å². The fourth-order valence-electron chi connectivity index (χ4n) is 1.84. The number of hydrogen-bond donors (Lipinski definition) is 1. The van der Waals surface area contributed by atoms with Gasteiger partial charge in [0.2, 0.25) is 10.0 Å². The number of rotatable bonds is 2. The molecule has 2 rings (SSSR count). The lowest BCUT2D eigenvalue weighted by Crippen LogP contribution is -2.41. The van der Waals surface area contributed by atoms with Crippen molar-refractivity contribution in [1.29, 1.82) is 0 Å². The summed E-state index contributed by atoms with van der Waals surface area (Å²) < 4.78 is 48.2. The van der Waals surface area contributed by atoms with Crippen LogP contribution in [0.5, 0.6) is 0 Å². The van der Waals surface area contributed by atoms with Crippen LogP contribution >= 0.6 is 0 Å². The summed E-state index contributed by atoms with van der Waals surface area (Å²) >= 11 is 0. The van der Waals surface area contributed by atoms with Gasteiger partial charge in [-0.05, 0) is 33.8 Å². The summed E-state index contributed by atoms with van der Waals surface area (Å²) in [7, 11) is -5.37. The summed E-state index contributed by atoms with van der Waals surface area (Å²) in [4.78, 5) is 3.17. The first-order valence-electron chi connectivity index (χ1n) is 5.98. The molecule has 0 aromatic carbocycles. The lowest BCUT2D eigenvalue weighted by molar-refractivity contribution is 0.00578. The number of sulfonamides is 1. The molecule has 6 nitrogen and oxygen atoms in total. The molecule has 0 spiro atoms. The standard InChI is InChI=1S/C11H16BFN2O4S/c1-10(2)11(3,4)19-12(18-10)9-8(20(14,16)17)7(13)5-6-15-9/h5-6H,1-4H3,(H2,14,16,17). The van der Waals surface area contributed by atoms with E-state index in [0.29, 0.717) is 0 Å². The van der Waals surface area contributed by atoms with E-state index in [0.717, 1.165) is 12.3 Å². The highest BCUT2D eigenvalue weighted by molar-refractivity contribution is 7.89. The molecule has 2 heterocycles. The van der Waals surface area contributed by atoms with Gasteiger partial charge >= 0.3 is 7.12 Å². The summed E-state index contributed by atoms with van der Waals surface area (Å²) in [6.45, 7) is 7.18. The zero-order valence-corrected chi connectivity index (χ0v) is 12.5. The Balaban J connectivity index is 2.55. The molecule has 1 fully saturated rings. The van der Waals surface area contributed by atoms with Crippen molar-refractivity contribution in [2.45, 2.75) is 43.8 Å². The highest BCUT2D eigenvalue weighted by Gasteiger charge is 2.53. The van der Waals surface area contributed by atoms with Crippen LogP contribution in [0.4, 0.5) is 4.39 Å². The van der Waals surface area contributed by atoms with Crippen molar-refractivity contribution in [3.05, 3.63) is 18.1 Å². The van der Waals surface area contributed by atoms with E-state index in [1.54, 1.807) is 27.7 Å². The van der Waals surface area contributed by atoms with Gasteiger partial charge in [-0.2, -0.15) is 0 Å². The zero-order valence-electron chi connectivity index (χ0n) is 11.7. The molecule has 1 aromatic rings. The third kappa shape index (κ3) is 2.46. The van der Waals surface area contributed by atoms with Gasteiger partial charge in [0, 0.05) is 6.20 Å². The third-order valence-electron chi connectivity index (χ3n) is 3.65. The monoisotopic (exact) mass is 302 g/mol. The van der Waals surface area contributed by atoms with Crippen LogP contribution < -0.4 is 10.7 Å². The first-order valence-corrected chi connectivity index (χ1v) is 7.53. The number of nitrogens with zero attached hydrogens (tertiary/aromatic N) is 1. The molecule has 0 unspecified atom stereocenters. The predicted molar refractivity (Wildman–Crippen MR) is 71.3 cm³/mol. The molecule has 2 N–H and O–H groups in total. The third-order valence-corrected chi connectivity index (χ3v) is 4.62. The lowest BCUT2D eigenvalue weighted by atomic mass is 9.84. The second-order valence-electron chi connectivity index (χ2n) is 5.64. The van der Waals surface area contributed by atoms with Crippen LogP contribution in [0.15, 0.2) is 17.2 Å². The van der Waals surface area contributed by atoms with Crippen molar-refractivity contribution in [2.75, 3.05) is 0 Å². The molecule has 1 aliphatic heterocycles. The molecule has 0 radical (unpaired) electrons. The van der Waals surface area contributed by atoms with E-state index in [1.807, 2.05) is 0 Å². The quantitative estimate of drug-likeness (QED) is 0.786. The van der Waals surface area contributed by atoms with Gasteiger partial charge in [-0.15, -0.1) is 0 Å². The van der Waals surface area contributed by atoms with Crippen LogP contribution in [-0.2, 0) is 19.3 Å². The minimum absolute atomic E-state index is 0.175. The van der Waals surface area contributed by atoms with Crippen LogP contribution in [0.1, 0.15) is 27.7 Å². The summed E-state index contributed by atoms with van der Waals surface area (Å²) in [5, 5.41) is 5.04. The molecule has 1 aromatic heterocycles. The van der Waals surface area contributed by atoms with Crippen molar-refractivity contribution >= 4 is 22.7 Å². The van der Waals surface area contributed by atoms with Gasteiger partial charge in [0.1, 0.15) is 10.7 Å². The van der Waals surface area contributed by atoms with Crippen molar-refractivity contribution in [1.82, 2.24) is 4.98 Å². The Kier molecular flexibility index (Phi) is 3.45. The van der Waals surface area contributed by atoms with E-state index in [2.05, 4.69) is 4.98 Å². The maximum Gasteiger partial charge on any atom is 0.516 e. The highest BCUT2D eigenvalue weighted by Crippen LogP contribution is 2.36. The summed E-state index contributed by atoms with van der Waals surface area (Å²) in [5.41, 5.74) is -1.56. The number of aromatic nitrogens is 1. The first kappa shape index (κ1) is 15.4. The van der Waals surface area contributed by atoms with E-state index in [-0.39, 0.29) is 5.59 Å². The van der Waals surface area contributed by atoms with Gasteiger partial charge in [-0.3, -0.25) is 4.98 Å². The van der Waals surface area contributed by atoms with Gasteiger partial charge in [-0.25, -0.2) is 17.9 Å². The second kappa shape index (κ2) is 4.49. The Morgan fingerprint density at radius 3 is 2.20 bits per heavy atom. The molecular weight excluding hydrogens is 286 g/mol. The molecule has 9 heteroatoms. The maximum atomic E-state index is 13.8. The van der Waals surface area contributed by atoms with Crippen molar-refractivity contribution < 1.29 is 22.1 Å². The number of pyridine rings is 1. The number of halogens is 1. The topological polar surface area (TPSA) is 91.5 Å². The predicted octanol–water partition coefficient (Wildman–Crippen LogP) is 0.167. The first-order chi connectivity index (χ1) is 8.96. The Morgan fingerprint density at radius 2 is 1.75 bits per heavy atom.